The molecule has 17 heavy (non-hydrogen) atoms. The Hall–Kier alpha value is -1.38. The van der Waals surface area contributed by atoms with E-state index in [4.69, 9.17) is 10.3 Å². The maximum absolute atomic E-state index is 11.5. The lowest BCUT2D eigenvalue weighted by Gasteiger charge is -2.11. The minimum absolute atomic E-state index is 0.153. The summed E-state index contributed by atoms with van der Waals surface area (Å²) in [5, 5.41) is 0. The Bertz CT molecular complexity index is 522. The van der Waals surface area contributed by atoms with Crippen LogP contribution < -0.4 is 11.3 Å². The van der Waals surface area contributed by atoms with Gasteiger partial charge in [-0.1, -0.05) is 0 Å². The summed E-state index contributed by atoms with van der Waals surface area (Å²) in [4.78, 5) is 11.2. The summed E-state index contributed by atoms with van der Waals surface area (Å²) in [6, 6.07) is 1.48. The molecule has 94 valence electrons. The average molecular weight is 259 g/mol. The van der Waals surface area contributed by atoms with Crippen LogP contribution in [-0.2, 0) is 16.6 Å². The molecule has 1 fully saturated rings. The van der Waals surface area contributed by atoms with E-state index in [0.717, 1.165) is 0 Å². The van der Waals surface area contributed by atoms with Crippen molar-refractivity contribution in [2.24, 2.45) is 5.84 Å². The van der Waals surface area contributed by atoms with E-state index < -0.39 is 15.9 Å². The van der Waals surface area contributed by atoms with Crippen LogP contribution in [0.15, 0.2) is 16.7 Å². The van der Waals surface area contributed by atoms with Gasteiger partial charge in [-0.2, -0.15) is 4.31 Å². The Balaban J connectivity index is 2.10. The monoisotopic (exact) mass is 259 g/mol. The third kappa shape index (κ3) is 2.48. The molecule has 8 heteroatoms. The van der Waals surface area contributed by atoms with Gasteiger partial charge in [-0.3, -0.25) is 10.2 Å². The van der Waals surface area contributed by atoms with E-state index >= 15 is 0 Å². The second-order valence-electron chi connectivity index (χ2n) is 3.78. The van der Waals surface area contributed by atoms with Crippen molar-refractivity contribution in [1.82, 2.24) is 9.73 Å². The molecule has 3 N–H and O–H groups in total. The maximum atomic E-state index is 11.5. The number of nitrogen functional groups attached to an aromatic ring is 1. The van der Waals surface area contributed by atoms with E-state index in [1.54, 1.807) is 0 Å². The Morgan fingerprint density at radius 1 is 1.59 bits per heavy atom. The first-order chi connectivity index (χ1) is 8.03. The number of rotatable bonds is 3. The Morgan fingerprint density at radius 3 is 2.94 bits per heavy atom. The summed E-state index contributed by atoms with van der Waals surface area (Å²) in [5.74, 6) is 5.10. The van der Waals surface area contributed by atoms with Gasteiger partial charge in [-0.15, -0.1) is 0 Å². The van der Waals surface area contributed by atoms with Gasteiger partial charge in [0, 0.05) is 6.54 Å². The Kier molecular flexibility index (Phi) is 3.18. The zero-order valence-corrected chi connectivity index (χ0v) is 9.87. The van der Waals surface area contributed by atoms with Gasteiger partial charge >= 0.3 is 0 Å². The molecule has 0 unspecified atom stereocenters. The summed E-state index contributed by atoms with van der Waals surface area (Å²) in [7, 11) is -3.15. The number of sulfonamides is 1. The van der Waals surface area contributed by atoms with Crippen LogP contribution >= 0.6 is 0 Å². The number of carbonyl (C=O) groups is 1. The molecular weight excluding hydrogens is 246 g/mol. The lowest BCUT2D eigenvalue weighted by molar-refractivity contribution is 0.0953. The van der Waals surface area contributed by atoms with Gasteiger partial charge in [0.2, 0.25) is 10.0 Å². The third-order valence-electron chi connectivity index (χ3n) is 2.58. The van der Waals surface area contributed by atoms with Crippen LogP contribution in [0.25, 0.3) is 0 Å². The van der Waals surface area contributed by atoms with Crippen molar-refractivity contribution in [2.75, 3.05) is 12.3 Å². The highest BCUT2D eigenvalue weighted by atomic mass is 32.2. The van der Waals surface area contributed by atoms with E-state index in [2.05, 4.69) is 0 Å². The van der Waals surface area contributed by atoms with Gasteiger partial charge in [-0.05, 0) is 12.5 Å². The highest BCUT2D eigenvalue weighted by Crippen LogP contribution is 2.18. The normalized spacial score (nSPS) is 19.4. The van der Waals surface area contributed by atoms with Crippen LogP contribution in [0.2, 0.25) is 0 Å². The van der Waals surface area contributed by atoms with Crippen molar-refractivity contribution in [2.45, 2.75) is 13.0 Å². The fourth-order valence-corrected chi connectivity index (χ4v) is 3.19. The second-order valence-corrected chi connectivity index (χ2v) is 5.87. The van der Waals surface area contributed by atoms with Gasteiger partial charge in [-0.25, -0.2) is 14.3 Å². The number of furan rings is 1. The van der Waals surface area contributed by atoms with E-state index in [0.29, 0.717) is 18.7 Å². The van der Waals surface area contributed by atoms with Crippen molar-refractivity contribution in [3.8, 4) is 0 Å². The molecule has 1 aromatic heterocycles. The van der Waals surface area contributed by atoms with Crippen LogP contribution in [0, 0.1) is 0 Å². The zero-order valence-electron chi connectivity index (χ0n) is 9.05. The van der Waals surface area contributed by atoms with Crippen molar-refractivity contribution in [3.63, 3.8) is 0 Å². The number of hydrogen-bond donors (Lipinski definition) is 2. The van der Waals surface area contributed by atoms with Crippen molar-refractivity contribution in [1.29, 1.82) is 0 Å². The van der Waals surface area contributed by atoms with Gasteiger partial charge in [0.05, 0.1) is 17.9 Å². The molecule has 1 amide bonds. The summed E-state index contributed by atoms with van der Waals surface area (Å²) < 4.78 is 29.6. The smallest absolute Gasteiger partial charge is 0.268 e. The quantitative estimate of drug-likeness (QED) is 0.429. The predicted molar refractivity (Wildman–Crippen MR) is 59.2 cm³/mol. The van der Waals surface area contributed by atoms with Gasteiger partial charge < -0.3 is 4.42 Å². The van der Waals surface area contributed by atoms with Crippen LogP contribution in [0.5, 0.6) is 0 Å². The zero-order chi connectivity index (χ0) is 12.5. The predicted octanol–water partition coefficient (Wildman–Crippen LogP) is -0.581. The minimum atomic E-state index is -3.15. The minimum Gasteiger partial charge on any atom is -0.467 e. The van der Waals surface area contributed by atoms with E-state index in [9.17, 15) is 13.2 Å². The molecule has 7 nitrogen and oxygen atoms in total. The molecule has 0 bridgehead atoms. The molecular formula is C9H13N3O4S. The van der Waals surface area contributed by atoms with Crippen molar-refractivity contribution >= 4 is 15.9 Å². The number of hydrazine groups is 1. The summed E-state index contributed by atoms with van der Waals surface area (Å²) in [5.41, 5.74) is 2.25. The third-order valence-corrected chi connectivity index (χ3v) is 4.49. The number of nitrogens with one attached hydrogen (secondary N) is 1. The fourth-order valence-electron chi connectivity index (χ4n) is 1.71. The average Bonchev–Trinajstić information content (AvgIpc) is 2.86. The van der Waals surface area contributed by atoms with Crippen LogP contribution in [-0.4, -0.2) is 30.9 Å². The molecule has 1 saturated heterocycles. The van der Waals surface area contributed by atoms with Crippen LogP contribution in [0.3, 0.4) is 0 Å². The highest BCUT2D eigenvalue weighted by Gasteiger charge is 2.29. The topological polar surface area (TPSA) is 106 Å². The highest BCUT2D eigenvalue weighted by molar-refractivity contribution is 7.89. The van der Waals surface area contributed by atoms with Gasteiger partial charge in [0.1, 0.15) is 12.0 Å². The summed E-state index contributed by atoms with van der Waals surface area (Å²) in [6.07, 6.45) is 1.87. The molecule has 0 saturated carbocycles. The summed E-state index contributed by atoms with van der Waals surface area (Å²) in [6.45, 7) is 0.641. The molecule has 0 spiro atoms. The molecule has 0 aliphatic carbocycles. The summed E-state index contributed by atoms with van der Waals surface area (Å²) >= 11 is 0. The molecule has 1 aliphatic rings. The van der Waals surface area contributed by atoms with Crippen molar-refractivity contribution < 1.29 is 17.6 Å². The molecule has 1 aliphatic heterocycles. The SMILES string of the molecule is NNC(=O)c1coc(CN2CCCS2(=O)=O)c1. The van der Waals surface area contributed by atoms with Gasteiger partial charge in [0.25, 0.3) is 5.91 Å². The van der Waals surface area contributed by atoms with E-state index in [1.807, 2.05) is 5.43 Å². The Labute approximate surface area is 98.6 Å². The van der Waals surface area contributed by atoms with Crippen molar-refractivity contribution in [3.05, 3.63) is 23.7 Å². The largest absolute Gasteiger partial charge is 0.467 e. The van der Waals surface area contributed by atoms with E-state index in [1.165, 1.54) is 16.6 Å². The molecule has 2 heterocycles. The van der Waals surface area contributed by atoms with Crippen LogP contribution in [0.4, 0.5) is 0 Å². The first-order valence-corrected chi connectivity index (χ1v) is 6.70. The number of nitrogens with zero attached hydrogens (tertiary/aromatic N) is 1. The molecule has 1 aromatic rings. The van der Waals surface area contributed by atoms with E-state index in [-0.39, 0.29) is 17.9 Å². The Morgan fingerprint density at radius 2 is 2.35 bits per heavy atom. The van der Waals surface area contributed by atoms with Crippen LogP contribution in [0.1, 0.15) is 22.5 Å². The lowest BCUT2D eigenvalue weighted by atomic mass is 10.3. The molecule has 0 radical (unpaired) electrons. The molecule has 2 rings (SSSR count). The second kappa shape index (κ2) is 4.47. The fraction of sp³-hybridized carbons (Fsp3) is 0.444. The number of nitrogens with two attached hydrogens (primary N) is 1. The number of hydrogen-bond acceptors (Lipinski definition) is 5. The molecule has 0 aromatic carbocycles. The first-order valence-electron chi connectivity index (χ1n) is 5.09. The standard InChI is InChI=1S/C9H13N3O4S/c10-11-9(13)7-4-8(16-6-7)5-12-2-1-3-17(12,14)15/h4,6H,1-3,5,10H2,(H,11,13). The lowest BCUT2D eigenvalue weighted by Crippen LogP contribution is -2.29. The molecule has 0 atom stereocenters. The first kappa shape index (κ1) is 12.1. The number of amides is 1. The maximum Gasteiger partial charge on any atom is 0.268 e. The van der Waals surface area contributed by atoms with Gasteiger partial charge in [0.15, 0.2) is 0 Å². The number of carbonyl (C=O) groups excluding carboxylic acids is 1.